The number of aliphatic hydroxyl groups excluding tert-OH is 1. The lowest BCUT2D eigenvalue weighted by Crippen LogP contribution is -2.16. The van der Waals surface area contributed by atoms with Crippen LogP contribution >= 0.6 is 0 Å². The van der Waals surface area contributed by atoms with Gasteiger partial charge in [-0.2, -0.15) is 69.2 Å². The highest BCUT2D eigenvalue weighted by atomic mass is 19.4. The number of hydrogen-bond donors (Lipinski definition) is 7. The van der Waals surface area contributed by atoms with Crippen molar-refractivity contribution < 1.29 is 94.7 Å². The van der Waals surface area contributed by atoms with Gasteiger partial charge < -0.3 is 51.0 Å². The number of aliphatic hydroxyl groups is 1. The summed E-state index contributed by atoms with van der Waals surface area (Å²) < 4.78 is 224. The van der Waals surface area contributed by atoms with Crippen LogP contribution < -0.4 is 40.8 Å². The minimum atomic E-state index is -4.76. The van der Waals surface area contributed by atoms with Crippen molar-refractivity contribution >= 4 is 85.4 Å². The van der Waals surface area contributed by atoms with E-state index in [0.717, 1.165) is 88.5 Å². The topological polar surface area (TPSA) is 373 Å². The van der Waals surface area contributed by atoms with E-state index in [-0.39, 0.29) is 34.3 Å². The maximum Gasteiger partial charge on any atom is 0.573 e. The third kappa shape index (κ3) is 25.2. The van der Waals surface area contributed by atoms with Crippen LogP contribution in [0.15, 0.2) is 268 Å². The zero-order valence-corrected chi connectivity index (χ0v) is 77.1. The number of ether oxygens (including phenoxy) is 3. The molecule has 744 valence electrons. The van der Waals surface area contributed by atoms with Crippen LogP contribution in [0.1, 0.15) is 68.8 Å². The van der Waals surface area contributed by atoms with Crippen LogP contribution in [-0.4, -0.2) is 108 Å². The number of alkyl halides is 14. The number of nitriles is 3. The first-order valence-corrected chi connectivity index (χ1v) is 43.4. The highest BCUT2D eigenvalue weighted by Gasteiger charge is 2.34. The number of aromatic hydroxyl groups is 1. The molecule has 0 aliphatic carbocycles. The lowest BCUT2D eigenvalue weighted by molar-refractivity contribution is -0.274. The standard InChI is InChI=1S/C22H16F3N5O2.C21H13F4N5O.C21H14F3N5O.C20H13F3N4.C18H18F3N5O/c1-13-21(30-12-17(31-2)7-8-20(30)27-13)18-9-14(11-26)10-19(29-18)28-15-3-5-16(6-4-15)32-22(23,24)25;22-14-3-6-19-29-17(11-31)20(30(19)10-14)16-7-12(9-26)8-18(28-16)27-15-4-1-13(2-5-15)21(23,24)25;1-12-20(29-11-16(30)6-7-19(29)26-12)17-8-13(10-25)9-18(28-17)27-15-4-2-14(3-5-15)21(22,23)24;21-20(22,23)13-5-7-14(8-6-13)26-19-12-24-11-18(27-19)16-9-10-25-17-4-2-1-3-15(16)17;1-4-26-11(3)17(10(2)25-26)14-8-22-9-16(24-14)23-12-5-6-15(13(19)7-12)27-18(20)21/h3-10,12H,1-2H3,(H,28,29);1-8,10,31H,11H2,(H,27,28);2-9,11,30H,1H3,(H,27,28);1-12H,(H,26,27);5-9,18H,4H2,1-3H3,(H,23,24). The van der Waals surface area contributed by atoms with Crippen molar-refractivity contribution in [2.24, 2.45) is 0 Å². The smallest absolute Gasteiger partial charge is 0.506 e. The number of aryl methyl sites for hydroxylation is 4. The number of fused-ring (bicyclic) bond motifs is 4. The summed E-state index contributed by atoms with van der Waals surface area (Å²) in [5, 5.41) is 67.9. The molecule has 19 aromatic rings. The number of pyridine rings is 7. The number of para-hydroxylation sites is 1. The number of methoxy groups -OCH3 is 1. The van der Waals surface area contributed by atoms with Gasteiger partial charge in [-0.05, 0) is 229 Å². The van der Waals surface area contributed by atoms with Crippen LogP contribution in [-0.2, 0) is 31.7 Å². The molecule has 13 heterocycles. The Balaban J connectivity index is 0.000000138. The van der Waals surface area contributed by atoms with Gasteiger partial charge in [0.05, 0.1) is 176 Å². The molecule has 0 saturated heterocycles. The Bertz CT molecular complexity index is 8160. The minimum absolute atomic E-state index is 0.0423. The van der Waals surface area contributed by atoms with Gasteiger partial charge in [0.2, 0.25) is 0 Å². The summed E-state index contributed by atoms with van der Waals surface area (Å²) in [7, 11) is 1.56. The molecule has 0 spiro atoms. The summed E-state index contributed by atoms with van der Waals surface area (Å²) in [5.74, 6) is 0.0310. The number of benzene rings is 6. The Morgan fingerprint density at radius 3 is 1.35 bits per heavy atom. The molecule has 7 N–H and O–H groups in total. The van der Waals surface area contributed by atoms with Gasteiger partial charge in [0.25, 0.3) is 0 Å². The van der Waals surface area contributed by atoms with Crippen molar-refractivity contribution in [3.8, 4) is 97.9 Å². The number of nitrogens with one attached hydrogen (secondary N) is 5. The fraction of sp³-hybridized carbons (Fsp3) is 0.127. The summed E-state index contributed by atoms with van der Waals surface area (Å²) in [6, 6.07) is 56.7. The van der Waals surface area contributed by atoms with Crippen LogP contribution in [0.3, 0.4) is 0 Å². The molecule has 0 bridgehead atoms. The average Bonchev–Trinajstić information content (AvgIpc) is 1.65. The minimum Gasteiger partial charge on any atom is -0.506 e. The van der Waals surface area contributed by atoms with Gasteiger partial charge in [-0.15, -0.1) is 13.2 Å². The maximum absolute atomic E-state index is 13.9. The van der Waals surface area contributed by atoms with Gasteiger partial charge in [0.15, 0.2) is 11.6 Å². The number of imidazole rings is 3. The normalized spacial score (nSPS) is 11.4. The molecule has 147 heavy (non-hydrogen) atoms. The van der Waals surface area contributed by atoms with Gasteiger partial charge in [-0.3, -0.25) is 32.8 Å². The molecule has 0 saturated carbocycles. The predicted octanol–water partition coefficient (Wildman–Crippen LogP) is 24.8. The number of hydrogen-bond acceptors (Lipinski definition) is 25. The van der Waals surface area contributed by atoms with Crippen molar-refractivity contribution in [2.45, 2.75) is 79.3 Å². The van der Waals surface area contributed by atoms with Gasteiger partial charge in [0.1, 0.15) is 69.1 Å². The largest absolute Gasteiger partial charge is 0.573 e. The van der Waals surface area contributed by atoms with Crippen LogP contribution in [0.25, 0.3) is 84.5 Å². The first kappa shape index (κ1) is 103. The molecule has 0 aliphatic rings. The molecule has 0 atom stereocenters. The van der Waals surface area contributed by atoms with E-state index in [2.05, 4.69) is 108 Å². The molecular formula is C102H74F16N24O5. The van der Waals surface area contributed by atoms with E-state index in [9.17, 15) is 96.2 Å². The quantitative estimate of drug-likeness (QED) is 0.0329. The molecule has 13 aromatic heterocycles. The van der Waals surface area contributed by atoms with E-state index in [4.69, 9.17) is 4.74 Å². The molecule has 19 rings (SSSR count). The van der Waals surface area contributed by atoms with Crippen molar-refractivity contribution in [1.82, 2.24) is 77.8 Å². The summed E-state index contributed by atoms with van der Waals surface area (Å²) in [5.41, 5.74) is 12.3. The third-order valence-corrected chi connectivity index (χ3v) is 21.5. The highest BCUT2D eigenvalue weighted by Crippen LogP contribution is 2.40. The first-order chi connectivity index (χ1) is 70.2. The van der Waals surface area contributed by atoms with Crippen molar-refractivity contribution in [3.63, 3.8) is 0 Å². The molecule has 45 heteroatoms. The maximum atomic E-state index is 13.9. The summed E-state index contributed by atoms with van der Waals surface area (Å²) in [6.45, 7) is 6.68. The van der Waals surface area contributed by atoms with Crippen LogP contribution in [0.2, 0.25) is 0 Å². The van der Waals surface area contributed by atoms with Gasteiger partial charge in [0, 0.05) is 75.6 Å². The van der Waals surface area contributed by atoms with Gasteiger partial charge in [-0.25, -0.2) is 48.7 Å². The highest BCUT2D eigenvalue weighted by molar-refractivity contribution is 5.93. The number of aromatic nitrogens is 16. The zero-order valence-electron chi connectivity index (χ0n) is 77.1. The fourth-order valence-electron chi connectivity index (χ4n) is 15.1. The molecule has 0 fully saturated rings. The summed E-state index contributed by atoms with van der Waals surface area (Å²) in [4.78, 5) is 48.5. The Hall–Kier alpha value is -18.9. The Morgan fingerprint density at radius 1 is 0.435 bits per heavy atom. The van der Waals surface area contributed by atoms with Crippen molar-refractivity contribution in [2.75, 3.05) is 33.7 Å². The van der Waals surface area contributed by atoms with Crippen molar-refractivity contribution in [3.05, 3.63) is 341 Å². The van der Waals surface area contributed by atoms with E-state index < -0.39 is 72.2 Å². The predicted molar refractivity (Wildman–Crippen MR) is 511 cm³/mol. The molecular weight excluding hydrogens is 1950 g/mol. The van der Waals surface area contributed by atoms with Crippen LogP contribution in [0, 0.1) is 73.3 Å². The zero-order chi connectivity index (χ0) is 105. The Labute approximate surface area is 822 Å². The molecule has 0 amide bonds. The van der Waals surface area contributed by atoms with Gasteiger partial charge >= 0.3 is 31.5 Å². The molecule has 0 radical (unpaired) electrons. The molecule has 0 aliphatic heterocycles. The second-order valence-corrected chi connectivity index (χ2v) is 31.6. The molecule has 6 aromatic carbocycles. The lowest BCUT2D eigenvalue weighted by atomic mass is 10.1. The second-order valence-electron chi connectivity index (χ2n) is 31.6. The number of nitrogens with zero attached hydrogens (tertiary/aromatic N) is 19. The third-order valence-electron chi connectivity index (χ3n) is 21.5. The molecule has 0 unspecified atom stereocenters. The SMILES string of the molecule is CCn1nc(C)c(-c2cncc(Nc3ccc(OC(F)F)c(F)c3)n2)c1C.COc1ccc2nc(C)c(-c3cc(C#N)cc(Nc4ccc(OC(F)(F)F)cc4)n3)n2c1.Cc1nc2ccc(O)cn2c1-c1cc(C#N)cc(Nc2ccc(C(F)(F)F)cc2)n1.FC(F)(F)c1ccc(Nc2cncc(-c3ccnc4ccccc34)n2)cc1.N#Cc1cc(Nc2ccc(C(F)(F)F)cc2)nc(-c2c(CO)nc3ccc(F)cn23)c1. The van der Waals surface area contributed by atoms with Crippen LogP contribution in [0.5, 0.6) is 23.0 Å². The first-order valence-electron chi connectivity index (χ1n) is 43.4. The van der Waals surface area contributed by atoms with Gasteiger partial charge in [-0.1, -0.05) is 18.2 Å². The number of anilines is 10. The van der Waals surface area contributed by atoms with Crippen molar-refractivity contribution in [1.29, 1.82) is 15.8 Å². The van der Waals surface area contributed by atoms with E-state index in [0.29, 0.717) is 137 Å². The number of rotatable bonds is 21. The Morgan fingerprint density at radius 2 is 0.871 bits per heavy atom. The summed E-state index contributed by atoms with van der Waals surface area (Å²) in [6.07, 6.45) is -5.57. The Kier molecular flexibility index (Phi) is 30.5. The second kappa shape index (κ2) is 43.7. The fourth-order valence-corrected chi connectivity index (χ4v) is 15.1. The average molecular weight is 2020 g/mol. The van der Waals surface area contributed by atoms with Crippen LogP contribution in [0.4, 0.5) is 128 Å². The van der Waals surface area contributed by atoms with E-state index in [1.807, 2.05) is 79.2 Å². The summed E-state index contributed by atoms with van der Waals surface area (Å²) >= 11 is 0. The molecule has 29 nitrogen and oxygen atoms in total. The number of halogens is 16. The van der Waals surface area contributed by atoms with E-state index in [1.54, 1.807) is 73.6 Å². The monoisotopic (exact) mass is 2020 g/mol. The van der Waals surface area contributed by atoms with E-state index in [1.165, 1.54) is 132 Å². The van der Waals surface area contributed by atoms with E-state index >= 15 is 0 Å². The lowest BCUT2D eigenvalue weighted by Gasteiger charge is -2.11.